The van der Waals surface area contributed by atoms with Gasteiger partial charge in [-0.2, -0.15) is 0 Å². The molecule has 0 aliphatic carbocycles. The van der Waals surface area contributed by atoms with Crippen molar-refractivity contribution in [3.8, 4) is 0 Å². The molecule has 0 spiro atoms. The normalized spacial score (nSPS) is 12.6. The highest BCUT2D eigenvalue weighted by molar-refractivity contribution is 7.05. The van der Waals surface area contributed by atoms with Gasteiger partial charge in [0.2, 0.25) is 0 Å². The molecule has 96 valence electrons. The van der Waals surface area contributed by atoms with Crippen LogP contribution < -0.4 is 5.32 Å². The molecule has 1 heterocycles. The first-order chi connectivity index (χ1) is 8.70. The summed E-state index contributed by atoms with van der Waals surface area (Å²) in [5.41, 5.74) is 4.06. The zero-order valence-corrected chi connectivity index (χ0v) is 11.9. The molecule has 1 atom stereocenters. The predicted molar refractivity (Wildman–Crippen MR) is 75.9 cm³/mol. The van der Waals surface area contributed by atoms with Crippen molar-refractivity contribution in [1.29, 1.82) is 0 Å². The van der Waals surface area contributed by atoms with Crippen molar-refractivity contribution in [3.63, 3.8) is 0 Å². The molecule has 4 heteroatoms. The first-order valence-electron chi connectivity index (χ1n) is 6.27. The number of aromatic nitrogens is 2. The molecule has 1 N–H and O–H groups in total. The van der Waals surface area contributed by atoms with E-state index in [-0.39, 0.29) is 0 Å². The lowest BCUT2D eigenvalue weighted by atomic mass is 10.0. The summed E-state index contributed by atoms with van der Waals surface area (Å²) in [5.74, 6) is 0. The van der Waals surface area contributed by atoms with Crippen LogP contribution in [0.25, 0.3) is 0 Å². The third kappa shape index (κ3) is 3.15. The lowest BCUT2D eigenvalue weighted by Gasteiger charge is -2.16. The molecule has 0 saturated heterocycles. The van der Waals surface area contributed by atoms with Crippen molar-refractivity contribution >= 4 is 11.5 Å². The molecule has 0 radical (unpaired) electrons. The van der Waals surface area contributed by atoms with Gasteiger partial charge < -0.3 is 5.32 Å². The number of nitrogens with zero attached hydrogens (tertiary/aromatic N) is 2. The number of aryl methyl sites for hydroxylation is 2. The van der Waals surface area contributed by atoms with E-state index in [1.807, 2.05) is 6.20 Å². The highest BCUT2D eigenvalue weighted by atomic mass is 32.1. The Labute approximate surface area is 112 Å². The Balaban J connectivity index is 2.16. The number of likely N-dealkylation sites (N-methyl/N-ethyl adjacent to an activating group) is 1. The van der Waals surface area contributed by atoms with E-state index >= 15 is 0 Å². The van der Waals surface area contributed by atoms with Crippen molar-refractivity contribution < 1.29 is 0 Å². The molecule has 0 saturated carbocycles. The summed E-state index contributed by atoms with van der Waals surface area (Å²) in [6, 6.07) is 6.99. The monoisotopic (exact) mass is 261 g/mol. The Morgan fingerprint density at radius 2 is 2.11 bits per heavy atom. The van der Waals surface area contributed by atoms with Crippen LogP contribution in [0.2, 0.25) is 0 Å². The molecule has 0 aliphatic heterocycles. The zero-order chi connectivity index (χ0) is 13.0. The molecule has 2 rings (SSSR count). The van der Waals surface area contributed by atoms with E-state index in [4.69, 9.17) is 0 Å². The summed E-state index contributed by atoms with van der Waals surface area (Å²) < 4.78 is 3.95. The van der Waals surface area contributed by atoms with Gasteiger partial charge in [-0.3, -0.25) is 0 Å². The van der Waals surface area contributed by atoms with Gasteiger partial charge >= 0.3 is 0 Å². The molecule has 1 aromatic heterocycles. The third-order valence-corrected chi connectivity index (χ3v) is 3.96. The summed E-state index contributed by atoms with van der Waals surface area (Å²) in [6.45, 7) is 7.39. The second-order valence-corrected chi connectivity index (χ2v) is 5.37. The van der Waals surface area contributed by atoms with Gasteiger partial charge in [0.1, 0.15) is 0 Å². The SMILES string of the molecule is CCNC(Cc1ccc(C)c(C)c1)c1cnns1. The van der Waals surface area contributed by atoms with Crippen LogP contribution in [0, 0.1) is 13.8 Å². The maximum atomic E-state index is 3.95. The Bertz CT molecular complexity index is 494. The van der Waals surface area contributed by atoms with E-state index in [9.17, 15) is 0 Å². The van der Waals surface area contributed by atoms with Gasteiger partial charge in [-0.25, -0.2) is 0 Å². The number of rotatable bonds is 5. The minimum Gasteiger partial charge on any atom is -0.309 e. The van der Waals surface area contributed by atoms with Crippen LogP contribution in [0.5, 0.6) is 0 Å². The standard InChI is InChI=1S/C14H19N3S/c1-4-15-13(14-9-16-17-18-14)8-12-6-5-10(2)11(3)7-12/h5-7,9,13,15H,4,8H2,1-3H3. The van der Waals surface area contributed by atoms with Crippen LogP contribution in [0.3, 0.4) is 0 Å². The fourth-order valence-electron chi connectivity index (χ4n) is 2.01. The van der Waals surface area contributed by atoms with Crippen LogP contribution >= 0.6 is 11.5 Å². The topological polar surface area (TPSA) is 37.8 Å². The van der Waals surface area contributed by atoms with Crippen LogP contribution in [-0.4, -0.2) is 16.1 Å². The van der Waals surface area contributed by atoms with Gasteiger partial charge in [0, 0.05) is 6.04 Å². The number of benzene rings is 1. The Morgan fingerprint density at radius 1 is 1.28 bits per heavy atom. The second kappa shape index (κ2) is 6.07. The van der Waals surface area contributed by atoms with Crippen LogP contribution in [0.15, 0.2) is 24.4 Å². The molecule has 1 aromatic carbocycles. The molecule has 0 amide bonds. The van der Waals surface area contributed by atoms with Gasteiger partial charge in [-0.1, -0.05) is 29.6 Å². The molecule has 3 nitrogen and oxygen atoms in total. The van der Waals surface area contributed by atoms with Crippen molar-refractivity contribution in [2.24, 2.45) is 0 Å². The summed E-state index contributed by atoms with van der Waals surface area (Å²) >= 11 is 1.47. The van der Waals surface area contributed by atoms with Crippen molar-refractivity contribution in [2.75, 3.05) is 6.54 Å². The van der Waals surface area contributed by atoms with E-state index in [2.05, 4.69) is 53.9 Å². The van der Waals surface area contributed by atoms with E-state index in [1.54, 1.807) is 0 Å². The molecule has 2 aromatic rings. The van der Waals surface area contributed by atoms with E-state index in [0.29, 0.717) is 6.04 Å². The van der Waals surface area contributed by atoms with E-state index in [1.165, 1.54) is 33.1 Å². The van der Waals surface area contributed by atoms with Gasteiger partial charge in [-0.15, -0.1) is 5.10 Å². The maximum Gasteiger partial charge on any atom is 0.0669 e. The third-order valence-electron chi connectivity index (χ3n) is 3.18. The number of nitrogens with one attached hydrogen (secondary N) is 1. The molecule has 0 fully saturated rings. The van der Waals surface area contributed by atoms with Crippen LogP contribution in [0.4, 0.5) is 0 Å². The predicted octanol–water partition coefficient (Wildman–Crippen LogP) is 3.05. The Kier molecular flexibility index (Phi) is 4.44. The van der Waals surface area contributed by atoms with Crippen molar-refractivity contribution in [2.45, 2.75) is 33.2 Å². The van der Waals surface area contributed by atoms with Gasteiger partial charge in [0.25, 0.3) is 0 Å². The summed E-state index contributed by atoms with van der Waals surface area (Å²) in [7, 11) is 0. The van der Waals surface area contributed by atoms with Crippen molar-refractivity contribution in [3.05, 3.63) is 46.0 Å². The highest BCUT2D eigenvalue weighted by Gasteiger charge is 2.13. The smallest absolute Gasteiger partial charge is 0.0669 e. The average molecular weight is 261 g/mol. The largest absolute Gasteiger partial charge is 0.309 e. The molecule has 0 aliphatic rings. The van der Waals surface area contributed by atoms with E-state index in [0.717, 1.165) is 13.0 Å². The quantitative estimate of drug-likeness (QED) is 0.899. The molecule has 18 heavy (non-hydrogen) atoms. The lowest BCUT2D eigenvalue weighted by molar-refractivity contribution is 0.557. The Morgan fingerprint density at radius 3 is 2.72 bits per heavy atom. The lowest BCUT2D eigenvalue weighted by Crippen LogP contribution is -2.22. The molecule has 0 bridgehead atoms. The number of hydrogen-bond acceptors (Lipinski definition) is 4. The average Bonchev–Trinajstić information content (AvgIpc) is 2.87. The zero-order valence-electron chi connectivity index (χ0n) is 11.1. The molecular weight excluding hydrogens is 242 g/mol. The summed E-state index contributed by atoms with van der Waals surface area (Å²) in [4.78, 5) is 1.20. The highest BCUT2D eigenvalue weighted by Crippen LogP contribution is 2.21. The minimum absolute atomic E-state index is 0.317. The fourth-order valence-corrected chi connectivity index (χ4v) is 2.59. The fraction of sp³-hybridized carbons (Fsp3) is 0.429. The maximum absolute atomic E-state index is 3.95. The van der Waals surface area contributed by atoms with Gasteiger partial charge in [0.15, 0.2) is 0 Å². The van der Waals surface area contributed by atoms with Crippen LogP contribution in [0.1, 0.15) is 34.5 Å². The van der Waals surface area contributed by atoms with Gasteiger partial charge in [-0.05, 0) is 55.0 Å². The van der Waals surface area contributed by atoms with E-state index < -0.39 is 0 Å². The number of hydrogen-bond donors (Lipinski definition) is 1. The first kappa shape index (κ1) is 13.2. The molecular formula is C14H19N3S. The van der Waals surface area contributed by atoms with Crippen LogP contribution in [-0.2, 0) is 6.42 Å². The summed E-state index contributed by atoms with van der Waals surface area (Å²) in [5, 5.41) is 7.43. The minimum atomic E-state index is 0.317. The second-order valence-electron chi connectivity index (χ2n) is 4.55. The molecule has 1 unspecified atom stereocenters. The summed E-state index contributed by atoms with van der Waals surface area (Å²) in [6.07, 6.45) is 2.85. The Hall–Kier alpha value is -1.26. The van der Waals surface area contributed by atoms with Gasteiger partial charge in [0.05, 0.1) is 11.1 Å². The van der Waals surface area contributed by atoms with Crippen molar-refractivity contribution in [1.82, 2.24) is 14.9 Å². The first-order valence-corrected chi connectivity index (χ1v) is 7.04.